The monoisotopic (exact) mass is 130 g/mol. The van der Waals surface area contributed by atoms with E-state index in [1.807, 2.05) is 0 Å². The predicted molar refractivity (Wildman–Crippen MR) is 37.2 cm³/mol. The van der Waals surface area contributed by atoms with Gasteiger partial charge in [-0.15, -0.1) is 11.6 Å². The molecule has 0 spiro atoms. The van der Waals surface area contributed by atoms with Gasteiger partial charge in [-0.2, -0.15) is 0 Å². The van der Waals surface area contributed by atoms with Crippen LogP contribution in [0.1, 0.15) is 19.8 Å². The second kappa shape index (κ2) is 2.54. The van der Waals surface area contributed by atoms with Crippen molar-refractivity contribution in [2.75, 3.05) is 0 Å². The van der Waals surface area contributed by atoms with E-state index < -0.39 is 0 Å². The van der Waals surface area contributed by atoms with Crippen molar-refractivity contribution in [3.8, 4) is 0 Å². The molecule has 1 aliphatic carbocycles. The molecule has 0 aromatic heterocycles. The van der Waals surface area contributed by atoms with Gasteiger partial charge in [-0.3, -0.25) is 0 Å². The minimum Gasteiger partial charge on any atom is -0.118 e. The third-order valence-corrected chi connectivity index (χ3v) is 1.83. The zero-order valence-electron chi connectivity index (χ0n) is 5.10. The molecular weight excluding hydrogens is 120 g/mol. The van der Waals surface area contributed by atoms with Gasteiger partial charge < -0.3 is 0 Å². The lowest BCUT2D eigenvalue weighted by Crippen LogP contribution is -2.06. The fourth-order valence-corrected chi connectivity index (χ4v) is 1.42. The molecule has 1 aliphatic rings. The summed E-state index contributed by atoms with van der Waals surface area (Å²) >= 11 is 5.82. The number of hydrogen-bond acceptors (Lipinski definition) is 0. The van der Waals surface area contributed by atoms with Gasteiger partial charge in [-0.1, -0.05) is 19.1 Å². The molecule has 0 aromatic carbocycles. The first-order valence-electron chi connectivity index (χ1n) is 3.10. The normalized spacial score (nSPS) is 37.8. The van der Waals surface area contributed by atoms with Gasteiger partial charge in [0.15, 0.2) is 0 Å². The van der Waals surface area contributed by atoms with Gasteiger partial charge in [-0.25, -0.2) is 0 Å². The lowest BCUT2D eigenvalue weighted by molar-refractivity contribution is 0.531. The molecule has 2 unspecified atom stereocenters. The molecule has 0 bridgehead atoms. The maximum Gasteiger partial charge on any atom is 0.0518 e. The summed E-state index contributed by atoms with van der Waals surface area (Å²) in [5, 5.41) is 0.304. The van der Waals surface area contributed by atoms with Gasteiger partial charge in [0.1, 0.15) is 0 Å². The summed E-state index contributed by atoms with van der Waals surface area (Å²) in [6.07, 6.45) is 6.62. The van der Waals surface area contributed by atoms with E-state index >= 15 is 0 Å². The standard InChI is InChI=1S/C7H11Cl/c1-6-3-2-4-7(8)5-6/h2,4,6-7H,3,5H2,1H3. The van der Waals surface area contributed by atoms with Gasteiger partial charge in [0.25, 0.3) is 0 Å². The van der Waals surface area contributed by atoms with E-state index in [1.165, 1.54) is 6.42 Å². The molecule has 2 atom stereocenters. The molecule has 0 aromatic rings. The van der Waals surface area contributed by atoms with E-state index in [1.54, 1.807) is 0 Å². The van der Waals surface area contributed by atoms with Crippen molar-refractivity contribution in [2.45, 2.75) is 25.1 Å². The van der Waals surface area contributed by atoms with Crippen LogP contribution >= 0.6 is 11.6 Å². The van der Waals surface area contributed by atoms with Crippen LogP contribution < -0.4 is 0 Å². The molecular formula is C7H11Cl. The molecule has 0 aliphatic heterocycles. The first kappa shape index (κ1) is 6.15. The van der Waals surface area contributed by atoms with Crippen molar-refractivity contribution in [2.24, 2.45) is 5.92 Å². The van der Waals surface area contributed by atoms with Gasteiger partial charge in [0.05, 0.1) is 5.38 Å². The van der Waals surface area contributed by atoms with Gasteiger partial charge in [-0.05, 0) is 18.8 Å². The average molecular weight is 131 g/mol. The average Bonchev–Trinajstić information content (AvgIpc) is 1.64. The van der Waals surface area contributed by atoms with Crippen molar-refractivity contribution in [1.29, 1.82) is 0 Å². The summed E-state index contributed by atoms with van der Waals surface area (Å²) < 4.78 is 0. The smallest absolute Gasteiger partial charge is 0.0518 e. The van der Waals surface area contributed by atoms with E-state index in [0.29, 0.717) is 5.38 Å². The van der Waals surface area contributed by atoms with Crippen molar-refractivity contribution in [3.63, 3.8) is 0 Å². The molecule has 8 heavy (non-hydrogen) atoms. The van der Waals surface area contributed by atoms with Crippen LogP contribution in [0.3, 0.4) is 0 Å². The van der Waals surface area contributed by atoms with Crippen molar-refractivity contribution >= 4 is 11.6 Å². The van der Waals surface area contributed by atoms with E-state index in [9.17, 15) is 0 Å². The summed E-state index contributed by atoms with van der Waals surface area (Å²) in [6, 6.07) is 0. The van der Waals surface area contributed by atoms with Crippen LogP contribution in [0.2, 0.25) is 0 Å². The minimum absolute atomic E-state index is 0.304. The van der Waals surface area contributed by atoms with Crippen LogP contribution in [-0.4, -0.2) is 5.38 Å². The Balaban J connectivity index is 2.42. The number of halogens is 1. The Kier molecular flexibility index (Phi) is 1.95. The third-order valence-electron chi connectivity index (χ3n) is 1.51. The molecule has 0 radical (unpaired) electrons. The maximum atomic E-state index is 5.82. The molecule has 0 amide bonds. The topological polar surface area (TPSA) is 0 Å². The summed E-state index contributed by atoms with van der Waals surface area (Å²) in [5.74, 6) is 0.794. The predicted octanol–water partition coefficient (Wildman–Crippen LogP) is 2.58. The van der Waals surface area contributed by atoms with E-state index in [-0.39, 0.29) is 0 Å². The molecule has 0 nitrogen and oxygen atoms in total. The maximum absolute atomic E-state index is 5.82. The molecule has 46 valence electrons. The number of rotatable bonds is 0. The lowest BCUT2D eigenvalue weighted by atomic mass is 9.96. The summed E-state index contributed by atoms with van der Waals surface area (Å²) in [7, 11) is 0. The summed E-state index contributed by atoms with van der Waals surface area (Å²) in [5.41, 5.74) is 0. The second-order valence-corrected chi connectivity index (χ2v) is 3.08. The SMILES string of the molecule is CC1CC=CC(Cl)C1. The summed E-state index contributed by atoms with van der Waals surface area (Å²) in [4.78, 5) is 0. The highest BCUT2D eigenvalue weighted by molar-refractivity contribution is 6.21. The molecule has 1 rings (SSSR count). The Bertz CT molecular complexity index is 96.6. The Morgan fingerprint density at radius 3 is 2.75 bits per heavy atom. The number of hydrogen-bond donors (Lipinski definition) is 0. The first-order chi connectivity index (χ1) is 3.79. The molecule has 0 saturated carbocycles. The summed E-state index contributed by atoms with van der Waals surface area (Å²) in [6.45, 7) is 2.24. The highest BCUT2D eigenvalue weighted by Crippen LogP contribution is 2.20. The van der Waals surface area contributed by atoms with E-state index in [4.69, 9.17) is 11.6 Å². The van der Waals surface area contributed by atoms with E-state index in [0.717, 1.165) is 12.3 Å². The fourth-order valence-electron chi connectivity index (χ4n) is 1.02. The van der Waals surface area contributed by atoms with Gasteiger partial charge in [0, 0.05) is 0 Å². The van der Waals surface area contributed by atoms with Crippen molar-refractivity contribution in [1.82, 2.24) is 0 Å². The Labute approximate surface area is 55.5 Å². The zero-order valence-corrected chi connectivity index (χ0v) is 5.86. The number of alkyl halides is 1. The van der Waals surface area contributed by atoms with Gasteiger partial charge >= 0.3 is 0 Å². The third kappa shape index (κ3) is 1.52. The first-order valence-corrected chi connectivity index (χ1v) is 3.53. The lowest BCUT2D eigenvalue weighted by Gasteiger charge is -2.15. The highest BCUT2D eigenvalue weighted by Gasteiger charge is 2.09. The van der Waals surface area contributed by atoms with Crippen molar-refractivity contribution in [3.05, 3.63) is 12.2 Å². The van der Waals surface area contributed by atoms with Crippen LogP contribution in [-0.2, 0) is 0 Å². The van der Waals surface area contributed by atoms with Crippen LogP contribution in [0.15, 0.2) is 12.2 Å². The zero-order chi connectivity index (χ0) is 5.98. The molecule has 0 saturated heterocycles. The molecule has 1 heteroatoms. The van der Waals surface area contributed by atoms with Crippen LogP contribution in [0.4, 0.5) is 0 Å². The highest BCUT2D eigenvalue weighted by atomic mass is 35.5. The number of allylic oxidation sites excluding steroid dienone is 2. The quantitative estimate of drug-likeness (QED) is 0.349. The van der Waals surface area contributed by atoms with E-state index in [2.05, 4.69) is 19.1 Å². The molecule has 0 heterocycles. The van der Waals surface area contributed by atoms with Crippen LogP contribution in [0.25, 0.3) is 0 Å². The van der Waals surface area contributed by atoms with Crippen LogP contribution in [0, 0.1) is 5.92 Å². The van der Waals surface area contributed by atoms with Gasteiger partial charge in [0.2, 0.25) is 0 Å². The minimum atomic E-state index is 0.304. The molecule has 0 fully saturated rings. The van der Waals surface area contributed by atoms with Crippen LogP contribution in [0.5, 0.6) is 0 Å². The largest absolute Gasteiger partial charge is 0.118 e. The Morgan fingerprint density at radius 2 is 2.38 bits per heavy atom. The molecule has 0 N–H and O–H groups in total. The Morgan fingerprint density at radius 1 is 1.62 bits per heavy atom. The Hall–Kier alpha value is 0.0300. The van der Waals surface area contributed by atoms with Crippen molar-refractivity contribution < 1.29 is 0 Å². The second-order valence-electron chi connectivity index (χ2n) is 2.52. The fraction of sp³-hybridized carbons (Fsp3) is 0.714.